The molecule has 9 aromatic carbocycles. The lowest BCUT2D eigenvalue weighted by atomic mass is 10.1. The molecule has 0 fully saturated rings. The molecule has 0 saturated heterocycles. The van der Waals surface area contributed by atoms with Crippen LogP contribution in [0.3, 0.4) is 0 Å². The van der Waals surface area contributed by atoms with Crippen LogP contribution >= 0.6 is 0 Å². The third-order valence-electron chi connectivity index (χ3n) is 13.7. The van der Waals surface area contributed by atoms with Crippen LogP contribution in [0, 0.1) is 0 Å². The summed E-state index contributed by atoms with van der Waals surface area (Å²) in [5.41, 5.74) is 11.2. The standard InChI is InChI=1S/C59H37N3O2Si/c1-3-16-40(17-4-1)65(41-18-5-2-6-19-41,55-29-13-23-44-47-36-38(31-33-53(47)63-58(44)55)61-49-25-10-7-20-42(49)43-21-8-11-26-50(43)61)56-30-14-24-45-48-37-39(32-34-54(48)64-59(45)56)62-51-27-12-9-22-46(51)57-52(62)28-15-35-60-57/h1-37H. The minimum absolute atomic E-state index is 0.846. The Morgan fingerprint density at radius 3 is 1.31 bits per heavy atom. The quantitative estimate of drug-likeness (QED) is 0.124. The molecule has 65 heavy (non-hydrogen) atoms. The first-order valence-corrected chi connectivity index (χ1v) is 24.1. The molecular formula is C59H37N3O2Si. The highest BCUT2D eigenvalue weighted by molar-refractivity contribution is 7.21. The SMILES string of the molecule is c1ccc([Si](c2ccccc2)(c2cccc3c2oc2ccc(-n4c5ccccc5c5ccccc54)cc23)c2cccc3c2oc2ccc(-n4c5ccccc5c5ncccc54)cc23)cc1. The zero-order valence-electron chi connectivity index (χ0n) is 35.0. The average molecular weight is 848 g/mol. The third kappa shape index (κ3) is 5.05. The van der Waals surface area contributed by atoms with Gasteiger partial charge in [-0.3, -0.25) is 4.98 Å². The first-order chi connectivity index (χ1) is 32.3. The highest BCUT2D eigenvalue weighted by atomic mass is 28.3. The summed E-state index contributed by atoms with van der Waals surface area (Å²) in [5.74, 6) is 0. The Hall–Kier alpha value is -8.45. The highest BCUT2D eigenvalue weighted by Crippen LogP contribution is 2.38. The van der Waals surface area contributed by atoms with Gasteiger partial charge in [0.25, 0.3) is 0 Å². The van der Waals surface area contributed by atoms with Gasteiger partial charge in [-0.05, 0) is 87.5 Å². The van der Waals surface area contributed by atoms with Gasteiger partial charge in [0, 0.05) is 55.3 Å². The maximum Gasteiger partial charge on any atom is 0.188 e. The van der Waals surface area contributed by atoms with E-state index < -0.39 is 8.07 Å². The normalized spacial score (nSPS) is 12.3. The van der Waals surface area contributed by atoms with Gasteiger partial charge in [0.1, 0.15) is 22.3 Å². The van der Waals surface area contributed by atoms with Gasteiger partial charge in [0.15, 0.2) is 8.07 Å². The monoisotopic (exact) mass is 847 g/mol. The van der Waals surface area contributed by atoms with Crippen molar-refractivity contribution >= 4 is 116 Å². The lowest BCUT2D eigenvalue weighted by Crippen LogP contribution is -2.75. The van der Waals surface area contributed by atoms with E-state index in [1.165, 1.54) is 42.6 Å². The number of pyridine rings is 1. The van der Waals surface area contributed by atoms with Crippen LogP contribution in [-0.4, -0.2) is 22.2 Å². The van der Waals surface area contributed by atoms with Gasteiger partial charge >= 0.3 is 0 Å². The summed E-state index contributed by atoms with van der Waals surface area (Å²) in [6.07, 6.45) is 1.87. The molecule has 0 radical (unpaired) electrons. The van der Waals surface area contributed by atoms with Crippen molar-refractivity contribution in [2.45, 2.75) is 0 Å². The average Bonchev–Trinajstić information content (AvgIpc) is 4.13. The van der Waals surface area contributed by atoms with Crippen molar-refractivity contribution in [3.63, 3.8) is 0 Å². The van der Waals surface area contributed by atoms with E-state index in [2.05, 4.69) is 221 Å². The summed E-state index contributed by atoms with van der Waals surface area (Å²) in [6.45, 7) is 0. The summed E-state index contributed by atoms with van der Waals surface area (Å²) in [5, 5.41) is 12.8. The molecule has 14 rings (SSSR count). The summed E-state index contributed by atoms with van der Waals surface area (Å²) in [6, 6.07) is 78.9. The number of fused-ring (bicyclic) bond motifs is 12. The Balaban J connectivity index is 1.04. The van der Waals surface area contributed by atoms with Gasteiger partial charge in [-0.1, -0.05) is 152 Å². The number of hydrogen-bond donors (Lipinski definition) is 0. The zero-order valence-corrected chi connectivity index (χ0v) is 36.0. The molecule has 0 saturated carbocycles. The molecule has 5 nitrogen and oxygen atoms in total. The van der Waals surface area contributed by atoms with Crippen LogP contribution in [0.25, 0.3) is 99.0 Å². The van der Waals surface area contributed by atoms with Crippen molar-refractivity contribution in [3.05, 3.63) is 225 Å². The molecule has 0 amide bonds. The topological polar surface area (TPSA) is 49.0 Å². The van der Waals surface area contributed by atoms with Crippen LogP contribution in [-0.2, 0) is 0 Å². The van der Waals surface area contributed by atoms with Crippen LogP contribution in [0.2, 0.25) is 0 Å². The molecule has 304 valence electrons. The molecule has 0 aliphatic rings. The molecule has 14 aromatic rings. The largest absolute Gasteiger partial charge is 0.456 e. The fourth-order valence-corrected chi connectivity index (χ4v) is 16.0. The molecule has 0 aliphatic carbocycles. The molecule has 5 heterocycles. The lowest BCUT2D eigenvalue weighted by Gasteiger charge is -2.34. The smallest absolute Gasteiger partial charge is 0.188 e. The highest BCUT2D eigenvalue weighted by Gasteiger charge is 2.45. The molecule has 0 unspecified atom stereocenters. The van der Waals surface area contributed by atoms with E-state index in [9.17, 15) is 0 Å². The minimum Gasteiger partial charge on any atom is -0.456 e. The van der Waals surface area contributed by atoms with E-state index in [1.54, 1.807) is 0 Å². The van der Waals surface area contributed by atoms with Crippen LogP contribution in [0.15, 0.2) is 233 Å². The molecule has 0 aliphatic heterocycles. The van der Waals surface area contributed by atoms with E-state index in [4.69, 9.17) is 13.8 Å². The van der Waals surface area contributed by atoms with E-state index in [-0.39, 0.29) is 0 Å². The molecule has 0 N–H and O–H groups in total. The van der Waals surface area contributed by atoms with Crippen molar-refractivity contribution in [1.82, 2.24) is 14.1 Å². The first-order valence-electron chi connectivity index (χ1n) is 22.1. The van der Waals surface area contributed by atoms with Crippen LogP contribution < -0.4 is 20.7 Å². The second-order valence-corrected chi connectivity index (χ2v) is 20.7. The van der Waals surface area contributed by atoms with E-state index in [0.717, 1.165) is 77.2 Å². The van der Waals surface area contributed by atoms with E-state index in [0.29, 0.717) is 0 Å². The molecule has 5 aromatic heterocycles. The Labute approximate surface area is 373 Å². The van der Waals surface area contributed by atoms with Crippen molar-refractivity contribution < 1.29 is 8.83 Å². The molecule has 0 bridgehead atoms. The van der Waals surface area contributed by atoms with Crippen molar-refractivity contribution in [2.24, 2.45) is 0 Å². The van der Waals surface area contributed by atoms with Crippen molar-refractivity contribution in [1.29, 1.82) is 0 Å². The first kappa shape index (κ1) is 36.1. The Bertz CT molecular complexity index is 3820. The second kappa shape index (κ2) is 13.8. The predicted molar refractivity (Wildman–Crippen MR) is 271 cm³/mol. The summed E-state index contributed by atoms with van der Waals surface area (Å²) in [4.78, 5) is 4.81. The van der Waals surface area contributed by atoms with Crippen LogP contribution in [0.1, 0.15) is 0 Å². The van der Waals surface area contributed by atoms with Gasteiger partial charge in [0.2, 0.25) is 0 Å². The van der Waals surface area contributed by atoms with Gasteiger partial charge in [-0.25, -0.2) is 0 Å². The maximum absolute atomic E-state index is 7.19. The van der Waals surface area contributed by atoms with Gasteiger partial charge < -0.3 is 18.0 Å². The van der Waals surface area contributed by atoms with Crippen molar-refractivity contribution in [2.75, 3.05) is 0 Å². The Kier molecular flexibility index (Phi) is 7.64. The molecular weight excluding hydrogens is 811 g/mol. The van der Waals surface area contributed by atoms with Gasteiger partial charge in [0.05, 0.1) is 27.6 Å². The Morgan fingerprint density at radius 2 is 0.769 bits per heavy atom. The zero-order chi connectivity index (χ0) is 42.6. The molecule has 0 spiro atoms. The van der Waals surface area contributed by atoms with Crippen LogP contribution in [0.4, 0.5) is 0 Å². The summed E-state index contributed by atoms with van der Waals surface area (Å²) >= 11 is 0. The van der Waals surface area contributed by atoms with E-state index >= 15 is 0 Å². The summed E-state index contributed by atoms with van der Waals surface area (Å²) in [7, 11) is -3.24. The second-order valence-electron chi connectivity index (χ2n) is 17.0. The van der Waals surface area contributed by atoms with Crippen LogP contribution in [0.5, 0.6) is 0 Å². The number of furan rings is 2. The molecule has 6 heteroatoms. The van der Waals surface area contributed by atoms with E-state index in [1.807, 2.05) is 12.3 Å². The van der Waals surface area contributed by atoms with Gasteiger partial charge in [-0.2, -0.15) is 0 Å². The Morgan fingerprint density at radius 1 is 0.338 bits per heavy atom. The van der Waals surface area contributed by atoms with Gasteiger partial charge in [-0.15, -0.1) is 0 Å². The fraction of sp³-hybridized carbons (Fsp3) is 0. The third-order valence-corrected chi connectivity index (χ3v) is 18.5. The summed E-state index contributed by atoms with van der Waals surface area (Å²) < 4.78 is 19.1. The fourth-order valence-electron chi connectivity index (χ4n) is 11.0. The number of aromatic nitrogens is 3. The van der Waals surface area contributed by atoms with Crippen molar-refractivity contribution in [3.8, 4) is 11.4 Å². The molecule has 0 atom stereocenters. The number of para-hydroxylation sites is 5. The number of rotatable bonds is 6. The number of nitrogens with zero attached hydrogens (tertiary/aromatic N) is 3. The number of hydrogen-bond acceptors (Lipinski definition) is 3. The predicted octanol–water partition coefficient (Wildman–Crippen LogP) is 12.5. The lowest BCUT2D eigenvalue weighted by molar-refractivity contribution is 0.670. The number of benzene rings is 9. The maximum atomic E-state index is 7.19. The minimum atomic E-state index is -3.24.